The summed E-state index contributed by atoms with van der Waals surface area (Å²) >= 11 is 0. The SMILES string of the molecule is O=C(COOCC(=O)OF)OF. The van der Waals surface area contributed by atoms with Crippen molar-refractivity contribution in [3.05, 3.63) is 0 Å². The molecule has 0 aliphatic rings. The average molecular weight is 186 g/mol. The van der Waals surface area contributed by atoms with E-state index in [0.29, 0.717) is 0 Å². The van der Waals surface area contributed by atoms with Gasteiger partial charge in [-0.1, -0.05) is 0 Å². The third-order valence-corrected chi connectivity index (χ3v) is 0.609. The summed E-state index contributed by atoms with van der Waals surface area (Å²) in [6, 6.07) is 0. The van der Waals surface area contributed by atoms with Crippen LogP contribution in [0.2, 0.25) is 0 Å². The fourth-order valence-electron chi connectivity index (χ4n) is 0.224. The van der Waals surface area contributed by atoms with Gasteiger partial charge in [0.05, 0.1) is 0 Å². The highest BCUT2D eigenvalue weighted by Gasteiger charge is 2.06. The lowest BCUT2D eigenvalue weighted by molar-refractivity contribution is -0.300. The van der Waals surface area contributed by atoms with Gasteiger partial charge in [0, 0.05) is 9.05 Å². The van der Waals surface area contributed by atoms with Crippen molar-refractivity contribution in [2.45, 2.75) is 0 Å². The molecule has 0 radical (unpaired) electrons. The zero-order valence-corrected chi connectivity index (χ0v) is 5.62. The van der Waals surface area contributed by atoms with E-state index in [-0.39, 0.29) is 0 Å². The van der Waals surface area contributed by atoms with Crippen LogP contribution < -0.4 is 0 Å². The molecule has 0 heterocycles. The van der Waals surface area contributed by atoms with Crippen molar-refractivity contribution >= 4 is 11.9 Å². The van der Waals surface area contributed by atoms with Gasteiger partial charge in [0.15, 0.2) is 13.2 Å². The van der Waals surface area contributed by atoms with Crippen LogP contribution in [0.4, 0.5) is 9.05 Å². The van der Waals surface area contributed by atoms with Crippen LogP contribution in [0.3, 0.4) is 0 Å². The van der Waals surface area contributed by atoms with Crippen LogP contribution in [0.1, 0.15) is 0 Å². The van der Waals surface area contributed by atoms with Gasteiger partial charge in [-0.2, -0.15) is 0 Å². The zero-order valence-electron chi connectivity index (χ0n) is 5.62. The summed E-state index contributed by atoms with van der Waals surface area (Å²) in [4.78, 5) is 32.9. The van der Waals surface area contributed by atoms with Crippen molar-refractivity contribution in [2.75, 3.05) is 13.2 Å². The molecule has 0 saturated carbocycles. The van der Waals surface area contributed by atoms with Crippen molar-refractivity contribution in [1.29, 1.82) is 0 Å². The molecule has 8 heteroatoms. The summed E-state index contributed by atoms with van der Waals surface area (Å²) in [7, 11) is 0. The molecular weight excluding hydrogens is 182 g/mol. The first kappa shape index (κ1) is 10.7. The molecule has 70 valence electrons. The van der Waals surface area contributed by atoms with Crippen molar-refractivity contribution in [1.82, 2.24) is 0 Å². The Morgan fingerprint density at radius 2 is 1.25 bits per heavy atom. The monoisotopic (exact) mass is 186 g/mol. The molecule has 0 saturated heterocycles. The Bertz CT molecular complexity index is 142. The van der Waals surface area contributed by atoms with E-state index in [1.807, 2.05) is 0 Å². The number of halogens is 2. The predicted octanol–water partition coefficient (Wildman–Crippen LogP) is -0.210. The number of carbonyl (C=O) groups excluding carboxylic acids is 2. The lowest BCUT2D eigenvalue weighted by Gasteiger charge is -1.97. The number of carbonyl (C=O) groups is 2. The van der Waals surface area contributed by atoms with E-state index in [2.05, 4.69) is 19.7 Å². The highest BCUT2D eigenvalue weighted by molar-refractivity contribution is 5.70. The van der Waals surface area contributed by atoms with E-state index < -0.39 is 25.2 Å². The van der Waals surface area contributed by atoms with Crippen molar-refractivity contribution in [3.8, 4) is 0 Å². The molecule has 0 fully saturated rings. The Kier molecular flexibility index (Phi) is 5.75. The van der Waals surface area contributed by atoms with Gasteiger partial charge in [-0.3, -0.25) is 9.88 Å². The van der Waals surface area contributed by atoms with Gasteiger partial charge in [0.2, 0.25) is 0 Å². The third-order valence-electron chi connectivity index (χ3n) is 0.609. The van der Waals surface area contributed by atoms with Crippen LogP contribution in [0.25, 0.3) is 0 Å². The molecular formula is C4H4F2O6. The Hall–Kier alpha value is -1.28. The average Bonchev–Trinajstić information content (AvgIpc) is 2.11. The van der Waals surface area contributed by atoms with Gasteiger partial charge in [-0.25, -0.2) is 19.4 Å². The maximum atomic E-state index is 10.9. The van der Waals surface area contributed by atoms with Crippen LogP contribution in [-0.2, 0) is 29.2 Å². The Morgan fingerprint density at radius 3 is 1.50 bits per heavy atom. The van der Waals surface area contributed by atoms with E-state index in [1.165, 1.54) is 0 Å². The predicted molar refractivity (Wildman–Crippen MR) is 26.3 cm³/mol. The molecule has 0 aliphatic carbocycles. The maximum absolute atomic E-state index is 10.9. The highest BCUT2D eigenvalue weighted by atomic mass is 19.3. The van der Waals surface area contributed by atoms with Gasteiger partial charge < -0.3 is 0 Å². The van der Waals surface area contributed by atoms with Gasteiger partial charge in [0.1, 0.15) is 0 Å². The van der Waals surface area contributed by atoms with Gasteiger partial charge in [0.25, 0.3) is 0 Å². The van der Waals surface area contributed by atoms with Gasteiger partial charge >= 0.3 is 11.9 Å². The van der Waals surface area contributed by atoms with Crippen molar-refractivity contribution in [2.24, 2.45) is 0 Å². The second-order valence-corrected chi connectivity index (χ2v) is 1.42. The van der Waals surface area contributed by atoms with Crippen molar-refractivity contribution in [3.63, 3.8) is 0 Å². The smallest absolute Gasteiger partial charge is 0.252 e. The summed E-state index contributed by atoms with van der Waals surface area (Å²) in [5.41, 5.74) is 0. The molecule has 0 atom stereocenters. The molecule has 0 spiro atoms. The third kappa shape index (κ3) is 5.50. The lowest BCUT2D eigenvalue weighted by atomic mass is 10.7. The topological polar surface area (TPSA) is 71.1 Å². The number of hydrogen-bond acceptors (Lipinski definition) is 6. The fourth-order valence-corrected chi connectivity index (χ4v) is 0.224. The molecule has 12 heavy (non-hydrogen) atoms. The van der Waals surface area contributed by atoms with E-state index in [4.69, 9.17) is 0 Å². The quantitative estimate of drug-likeness (QED) is 0.336. The van der Waals surface area contributed by atoms with Crippen LogP contribution in [-0.4, -0.2) is 25.2 Å². The second kappa shape index (κ2) is 6.43. The highest BCUT2D eigenvalue weighted by Crippen LogP contribution is 1.85. The minimum atomic E-state index is -1.34. The summed E-state index contributed by atoms with van der Waals surface area (Å²) in [5, 5.41) is 0. The summed E-state index contributed by atoms with van der Waals surface area (Å²) in [6.45, 7) is -1.70. The summed E-state index contributed by atoms with van der Waals surface area (Å²) in [6.07, 6.45) is 0. The second-order valence-electron chi connectivity index (χ2n) is 1.42. The zero-order chi connectivity index (χ0) is 9.40. The summed E-state index contributed by atoms with van der Waals surface area (Å²) < 4.78 is 21.8. The van der Waals surface area contributed by atoms with E-state index in [9.17, 15) is 18.6 Å². The van der Waals surface area contributed by atoms with Crippen LogP contribution in [0.5, 0.6) is 0 Å². The first-order valence-electron chi connectivity index (χ1n) is 2.58. The van der Waals surface area contributed by atoms with Crippen LogP contribution in [0.15, 0.2) is 0 Å². The Labute approximate surface area is 64.7 Å². The van der Waals surface area contributed by atoms with E-state index >= 15 is 0 Å². The molecule has 0 bridgehead atoms. The molecule has 0 aromatic rings. The van der Waals surface area contributed by atoms with Gasteiger partial charge in [-0.15, -0.1) is 0 Å². The molecule has 0 amide bonds. The normalized spacial score (nSPS) is 9.17. The molecule has 0 aromatic heterocycles. The van der Waals surface area contributed by atoms with Crippen LogP contribution in [0, 0.1) is 0 Å². The van der Waals surface area contributed by atoms with E-state index in [0.717, 1.165) is 0 Å². The fraction of sp³-hybridized carbons (Fsp3) is 0.500. The number of rotatable bonds is 5. The largest absolute Gasteiger partial charge is 0.377 e. The van der Waals surface area contributed by atoms with Gasteiger partial charge in [-0.05, 0) is 0 Å². The standard InChI is InChI=1S/C4H4F2O6/c5-11-3(7)1-9-10-2-4(8)12-6/h1-2H2. The first-order chi connectivity index (χ1) is 5.70. The molecule has 0 unspecified atom stereocenters. The minimum Gasteiger partial charge on any atom is -0.252 e. The lowest BCUT2D eigenvalue weighted by Crippen LogP contribution is -2.13. The molecule has 0 N–H and O–H groups in total. The molecule has 0 rings (SSSR count). The minimum absolute atomic E-state index is 0.851. The Balaban J connectivity index is 3.21. The molecule has 0 aliphatic heterocycles. The Morgan fingerprint density at radius 1 is 0.917 bits per heavy atom. The van der Waals surface area contributed by atoms with E-state index in [1.54, 1.807) is 0 Å². The number of hydrogen-bond donors (Lipinski definition) is 0. The first-order valence-corrected chi connectivity index (χ1v) is 2.58. The van der Waals surface area contributed by atoms with Crippen molar-refractivity contribution < 1.29 is 38.3 Å². The maximum Gasteiger partial charge on any atom is 0.377 e. The molecule has 6 nitrogen and oxygen atoms in total. The molecule has 0 aromatic carbocycles. The summed E-state index contributed by atoms with van der Waals surface area (Å²) in [5.74, 6) is -2.69. The van der Waals surface area contributed by atoms with Crippen LogP contribution >= 0.6 is 0 Å².